The first-order valence-corrected chi connectivity index (χ1v) is 10.0. The van der Waals surface area contributed by atoms with Crippen LogP contribution in [0.3, 0.4) is 0 Å². The minimum absolute atomic E-state index is 0.109. The third-order valence-corrected chi connectivity index (χ3v) is 5.29. The van der Waals surface area contributed by atoms with Crippen molar-refractivity contribution in [3.8, 4) is 0 Å². The number of rotatable bonds is 5. The van der Waals surface area contributed by atoms with Crippen LogP contribution in [0.1, 0.15) is 18.1 Å². The molecule has 1 aromatic carbocycles. The number of nitrogens with zero attached hydrogens (tertiary/aromatic N) is 2. The molecular weight excluding hydrogens is 388 g/mol. The molecule has 1 saturated heterocycles. The summed E-state index contributed by atoms with van der Waals surface area (Å²) in [7, 11) is 0. The van der Waals surface area contributed by atoms with E-state index in [2.05, 4.69) is 26.3 Å². The van der Waals surface area contributed by atoms with Crippen molar-refractivity contribution in [1.82, 2.24) is 14.9 Å². The number of benzene rings is 1. The average molecular weight is 411 g/mol. The number of aromatic amines is 1. The van der Waals surface area contributed by atoms with Gasteiger partial charge in [-0.3, -0.25) is 9.69 Å². The molecule has 0 saturated carbocycles. The number of H-pyrrole nitrogens is 1. The molecule has 0 spiro atoms. The van der Waals surface area contributed by atoms with E-state index in [1.807, 2.05) is 43.5 Å². The van der Waals surface area contributed by atoms with Crippen molar-refractivity contribution < 1.29 is 4.74 Å². The van der Waals surface area contributed by atoms with E-state index in [-0.39, 0.29) is 5.56 Å². The largest absolute Gasteiger partial charge is 0.379 e. The number of pyridine rings is 2. The Morgan fingerprint density at radius 2 is 2.10 bits per heavy atom. The fourth-order valence-electron chi connectivity index (χ4n) is 3.47. The zero-order chi connectivity index (χ0) is 20.2. The molecule has 150 valence electrons. The second-order valence-electron chi connectivity index (χ2n) is 7.02. The average Bonchev–Trinajstić information content (AvgIpc) is 2.74. The summed E-state index contributed by atoms with van der Waals surface area (Å²) >= 11 is 6.43. The quantitative estimate of drug-likeness (QED) is 0.624. The lowest BCUT2D eigenvalue weighted by Gasteiger charge is -2.26. The van der Waals surface area contributed by atoms with Gasteiger partial charge >= 0.3 is 0 Å². The van der Waals surface area contributed by atoms with Crippen LogP contribution in [0, 0.1) is 0 Å². The number of ether oxygens (including phenoxy) is 1. The summed E-state index contributed by atoms with van der Waals surface area (Å²) in [5.74, 6) is 0. The molecule has 2 N–H and O–H groups in total. The predicted octanol–water partition coefficient (Wildman–Crippen LogP) is 3.88. The van der Waals surface area contributed by atoms with Gasteiger partial charge in [-0.25, -0.2) is 4.98 Å². The first kappa shape index (κ1) is 19.6. The Hall–Kier alpha value is -2.67. The lowest BCUT2D eigenvalue weighted by atomic mass is 10.1. The van der Waals surface area contributed by atoms with E-state index in [9.17, 15) is 4.79 Å². The first-order chi connectivity index (χ1) is 14.1. The molecule has 0 aliphatic carbocycles. The maximum absolute atomic E-state index is 11.5. The first-order valence-electron chi connectivity index (χ1n) is 9.64. The van der Waals surface area contributed by atoms with Crippen molar-refractivity contribution in [2.75, 3.05) is 31.6 Å². The molecule has 6 nitrogen and oxygen atoms in total. The minimum Gasteiger partial charge on any atom is -0.379 e. The van der Waals surface area contributed by atoms with Crippen molar-refractivity contribution in [3.63, 3.8) is 0 Å². The number of fused-ring (bicyclic) bond motifs is 1. The molecule has 3 aromatic rings. The summed E-state index contributed by atoms with van der Waals surface area (Å²) < 4.78 is 5.42. The highest BCUT2D eigenvalue weighted by molar-refractivity contribution is 6.31. The highest BCUT2D eigenvalue weighted by Crippen LogP contribution is 2.27. The van der Waals surface area contributed by atoms with E-state index >= 15 is 0 Å². The van der Waals surface area contributed by atoms with E-state index in [4.69, 9.17) is 16.3 Å². The van der Waals surface area contributed by atoms with Gasteiger partial charge < -0.3 is 15.0 Å². The molecule has 1 aliphatic rings. The van der Waals surface area contributed by atoms with Crippen molar-refractivity contribution in [1.29, 1.82) is 0 Å². The van der Waals surface area contributed by atoms with Crippen LogP contribution in [0.4, 0.5) is 5.69 Å². The maximum Gasteiger partial charge on any atom is 0.248 e. The number of hydrogen-bond acceptors (Lipinski definition) is 5. The van der Waals surface area contributed by atoms with Gasteiger partial charge in [-0.1, -0.05) is 17.7 Å². The van der Waals surface area contributed by atoms with E-state index < -0.39 is 0 Å². The van der Waals surface area contributed by atoms with Crippen LogP contribution >= 0.6 is 11.6 Å². The summed E-state index contributed by atoms with van der Waals surface area (Å²) in [5.41, 5.74) is 4.46. The standard InChI is InChI=1S/C22H23ClN4O2/c1-2-19(25-17-4-5-20-16(12-17)3-6-21(28)26-20)18-11-15(13-24-22(18)23)14-27-7-9-29-10-8-27/h2-6,11-13,25H,7-10,14H2,1H3,(H,26,28)/b19-2+. The SMILES string of the molecule is C/C=C(/Nc1ccc2[nH]c(=O)ccc2c1)c1cc(CN2CCOCC2)cnc1Cl. The molecule has 1 fully saturated rings. The van der Waals surface area contributed by atoms with Gasteiger partial charge in [0.25, 0.3) is 0 Å². The number of aromatic nitrogens is 2. The van der Waals surface area contributed by atoms with E-state index in [0.717, 1.165) is 66.3 Å². The Morgan fingerprint density at radius 1 is 1.28 bits per heavy atom. The van der Waals surface area contributed by atoms with Crippen LogP contribution in [-0.4, -0.2) is 41.2 Å². The highest BCUT2D eigenvalue weighted by Gasteiger charge is 2.14. The van der Waals surface area contributed by atoms with Gasteiger partial charge in [0, 0.05) is 59.7 Å². The van der Waals surface area contributed by atoms with Gasteiger partial charge in [0.1, 0.15) is 5.15 Å². The van der Waals surface area contributed by atoms with Gasteiger partial charge in [-0.2, -0.15) is 0 Å². The van der Waals surface area contributed by atoms with Crippen molar-refractivity contribution >= 4 is 33.9 Å². The van der Waals surface area contributed by atoms with Crippen molar-refractivity contribution in [2.45, 2.75) is 13.5 Å². The predicted molar refractivity (Wildman–Crippen MR) is 117 cm³/mol. The Kier molecular flexibility index (Phi) is 5.94. The fourth-order valence-corrected chi connectivity index (χ4v) is 3.67. The molecule has 29 heavy (non-hydrogen) atoms. The number of hydrogen-bond donors (Lipinski definition) is 2. The van der Waals surface area contributed by atoms with Crippen LogP contribution < -0.4 is 10.9 Å². The zero-order valence-corrected chi connectivity index (χ0v) is 17.0. The van der Waals surface area contributed by atoms with Gasteiger partial charge in [-0.15, -0.1) is 0 Å². The summed E-state index contributed by atoms with van der Waals surface area (Å²) in [6, 6.07) is 11.2. The number of allylic oxidation sites excluding steroid dienone is 1. The van der Waals surface area contributed by atoms with Gasteiger partial charge in [-0.05, 0) is 42.8 Å². The van der Waals surface area contributed by atoms with E-state index in [1.54, 1.807) is 0 Å². The van der Waals surface area contributed by atoms with Crippen LogP contribution in [0.15, 0.2) is 53.5 Å². The normalized spacial score (nSPS) is 15.6. The van der Waals surface area contributed by atoms with E-state index in [1.165, 1.54) is 6.07 Å². The molecule has 0 radical (unpaired) electrons. The maximum atomic E-state index is 11.5. The van der Waals surface area contributed by atoms with Crippen LogP contribution in [0.2, 0.25) is 5.15 Å². The Labute approximate surface area is 174 Å². The lowest BCUT2D eigenvalue weighted by molar-refractivity contribution is 0.0341. The molecule has 3 heterocycles. The third-order valence-electron chi connectivity index (χ3n) is 4.99. The molecule has 1 aliphatic heterocycles. The Balaban J connectivity index is 1.57. The third kappa shape index (κ3) is 4.67. The van der Waals surface area contributed by atoms with Crippen molar-refractivity contribution in [3.05, 3.63) is 75.3 Å². The molecule has 7 heteroatoms. The lowest BCUT2D eigenvalue weighted by Crippen LogP contribution is -2.35. The number of anilines is 1. The second kappa shape index (κ2) is 8.78. The zero-order valence-electron chi connectivity index (χ0n) is 16.2. The van der Waals surface area contributed by atoms with Crippen molar-refractivity contribution in [2.24, 2.45) is 0 Å². The van der Waals surface area contributed by atoms with Gasteiger partial charge in [0.15, 0.2) is 0 Å². The number of morpholine rings is 1. The van der Waals surface area contributed by atoms with Crippen LogP contribution in [0.5, 0.6) is 0 Å². The topological polar surface area (TPSA) is 70.2 Å². The molecule has 0 bridgehead atoms. The summed E-state index contributed by atoms with van der Waals surface area (Å²) in [6.07, 6.45) is 3.82. The Morgan fingerprint density at radius 3 is 2.90 bits per heavy atom. The van der Waals surface area contributed by atoms with Crippen LogP contribution in [-0.2, 0) is 11.3 Å². The molecule has 0 unspecified atom stereocenters. The van der Waals surface area contributed by atoms with Crippen LogP contribution in [0.25, 0.3) is 16.6 Å². The second-order valence-corrected chi connectivity index (χ2v) is 7.38. The van der Waals surface area contributed by atoms with Gasteiger partial charge in [0.2, 0.25) is 5.56 Å². The van der Waals surface area contributed by atoms with Gasteiger partial charge in [0.05, 0.1) is 13.2 Å². The number of halogens is 1. The molecule has 0 atom stereocenters. The fraction of sp³-hybridized carbons (Fsp3) is 0.273. The minimum atomic E-state index is -0.109. The summed E-state index contributed by atoms with van der Waals surface area (Å²) in [5, 5.41) is 4.85. The molecular formula is C22H23ClN4O2. The molecule has 4 rings (SSSR count). The number of nitrogens with one attached hydrogen (secondary N) is 2. The molecule has 0 amide bonds. The Bertz CT molecular complexity index is 1100. The monoisotopic (exact) mass is 410 g/mol. The van der Waals surface area contributed by atoms with E-state index in [0.29, 0.717) is 5.15 Å². The molecule has 2 aromatic heterocycles. The summed E-state index contributed by atoms with van der Waals surface area (Å²) in [6.45, 7) is 6.16. The highest BCUT2D eigenvalue weighted by atomic mass is 35.5. The summed E-state index contributed by atoms with van der Waals surface area (Å²) in [4.78, 5) is 21.1. The smallest absolute Gasteiger partial charge is 0.248 e.